The van der Waals surface area contributed by atoms with Crippen LogP contribution in [-0.2, 0) is 18.8 Å². The topological polar surface area (TPSA) is 106 Å². The first-order valence-corrected chi connectivity index (χ1v) is 13.7. The Labute approximate surface area is 228 Å². The molecular weight excluding hydrogens is 485 g/mol. The van der Waals surface area contributed by atoms with Crippen molar-refractivity contribution in [3.8, 4) is 0 Å². The Bertz CT molecular complexity index is 955. The number of hydrogen-bond acceptors (Lipinski definition) is 8. The second kappa shape index (κ2) is 11.4. The molecule has 3 heterocycles. The SMILES string of the molecule is CC(C)[C@@H](NC(=O)OC(C)(C)C)C(=O)N1CCC(CN(C)c2ncc(B3OC(C)(C)C(C)(C)O3)cn2)CC1. The van der Waals surface area contributed by atoms with Gasteiger partial charge in [-0.25, -0.2) is 14.8 Å². The quantitative estimate of drug-likeness (QED) is 0.536. The molecule has 2 fully saturated rings. The molecule has 0 bridgehead atoms. The molecule has 2 aliphatic heterocycles. The summed E-state index contributed by atoms with van der Waals surface area (Å²) in [6.45, 7) is 19.5. The lowest BCUT2D eigenvalue weighted by Gasteiger charge is -2.36. The van der Waals surface area contributed by atoms with Crippen LogP contribution in [0.5, 0.6) is 0 Å². The summed E-state index contributed by atoms with van der Waals surface area (Å²) in [5, 5.41) is 2.77. The molecule has 2 amide bonds. The zero-order valence-corrected chi connectivity index (χ0v) is 24.8. The number of rotatable bonds is 7. The Hall–Kier alpha value is -2.40. The second-order valence-electron chi connectivity index (χ2n) is 12.9. The van der Waals surface area contributed by atoms with Crippen molar-refractivity contribution < 1.29 is 23.6 Å². The lowest BCUT2D eigenvalue weighted by molar-refractivity contribution is -0.136. The molecule has 0 spiro atoms. The molecule has 11 heteroatoms. The number of anilines is 1. The van der Waals surface area contributed by atoms with E-state index in [4.69, 9.17) is 14.0 Å². The number of hydrogen-bond donors (Lipinski definition) is 1. The van der Waals surface area contributed by atoms with Crippen LogP contribution in [-0.4, -0.2) is 83.5 Å². The van der Waals surface area contributed by atoms with Crippen molar-refractivity contribution >= 4 is 30.5 Å². The van der Waals surface area contributed by atoms with Gasteiger partial charge in [0.1, 0.15) is 11.6 Å². The molecule has 1 atom stereocenters. The molecule has 0 unspecified atom stereocenters. The lowest BCUT2D eigenvalue weighted by Crippen LogP contribution is -2.54. The maximum absolute atomic E-state index is 13.2. The van der Waals surface area contributed by atoms with Gasteiger partial charge in [0, 0.05) is 44.5 Å². The number of carbonyl (C=O) groups is 2. The van der Waals surface area contributed by atoms with Crippen LogP contribution < -0.4 is 15.7 Å². The molecule has 1 aromatic heterocycles. The number of nitrogens with one attached hydrogen (secondary N) is 1. The maximum Gasteiger partial charge on any atom is 0.498 e. The Morgan fingerprint density at radius 3 is 2.13 bits per heavy atom. The highest BCUT2D eigenvalue weighted by atomic mass is 16.7. The van der Waals surface area contributed by atoms with Crippen LogP contribution in [0.1, 0.15) is 75.2 Å². The fraction of sp³-hybridized carbons (Fsp3) is 0.778. The van der Waals surface area contributed by atoms with Gasteiger partial charge in [0.25, 0.3) is 0 Å². The summed E-state index contributed by atoms with van der Waals surface area (Å²) >= 11 is 0. The molecule has 1 N–H and O–H groups in total. The van der Waals surface area contributed by atoms with Crippen molar-refractivity contribution in [2.45, 2.75) is 98.0 Å². The monoisotopic (exact) mass is 531 g/mol. The zero-order chi connectivity index (χ0) is 28.5. The zero-order valence-electron chi connectivity index (χ0n) is 24.8. The number of carbonyl (C=O) groups excluding carboxylic acids is 2. The fourth-order valence-electron chi connectivity index (χ4n) is 4.58. The van der Waals surface area contributed by atoms with Crippen LogP contribution in [0.3, 0.4) is 0 Å². The summed E-state index contributed by atoms with van der Waals surface area (Å²) in [5.41, 5.74) is -0.642. The van der Waals surface area contributed by atoms with Gasteiger partial charge in [-0.05, 0) is 73.1 Å². The van der Waals surface area contributed by atoms with Crippen molar-refractivity contribution in [3.05, 3.63) is 12.4 Å². The van der Waals surface area contributed by atoms with E-state index in [1.165, 1.54) is 0 Å². The van der Waals surface area contributed by atoms with Gasteiger partial charge < -0.3 is 29.2 Å². The van der Waals surface area contributed by atoms with Crippen molar-refractivity contribution in [1.29, 1.82) is 0 Å². The van der Waals surface area contributed by atoms with Gasteiger partial charge in [-0.15, -0.1) is 0 Å². The number of ether oxygens (including phenoxy) is 1. The molecule has 2 saturated heterocycles. The van der Waals surface area contributed by atoms with Gasteiger partial charge in [-0.2, -0.15) is 0 Å². The first kappa shape index (κ1) is 30.2. The highest BCUT2D eigenvalue weighted by molar-refractivity contribution is 6.61. The number of alkyl carbamates (subject to hydrolysis) is 1. The maximum atomic E-state index is 13.2. The highest BCUT2D eigenvalue weighted by Crippen LogP contribution is 2.36. The summed E-state index contributed by atoms with van der Waals surface area (Å²) in [6, 6.07) is -0.611. The van der Waals surface area contributed by atoms with E-state index < -0.39 is 36.1 Å². The van der Waals surface area contributed by atoms with Gasteiger partial charge in [-0.1, -0.05) is 13.8 Å². The molecule has 1 aromatic rings. The molecule has 38 heavy (non-hydrogen) atoms. The summed E-state index contributed by atoms with van der Waals surface area (Å²) in [6.07, 6.45) is 4.72. The smallest absolute Gasteiger partial charge is 0.444 e. The van der Waals surface area contributed by atoms with Gasteiger partial charge in [0.05, 0.1) is 11.2 Å². The molecule has 0 aliphatic carbocycles. The highest BCUT2D eigenvalue weighted by Gasteiger charge is 2.52. The van der Waals surface area contributed by atoms with E-state index in [0.717, 1.165) is 24.8 Å². The number of amides is 2. The third-order valence-electron chi connectivity index (χ3n) is 7.59. The van der Waals surface area contributed by atoms with E-state index in [0.29, 0.717) is 25.0 Å². The van der Waals surface area contributed by atoms with Crippen molar-refractivity contribution in [2.24, 2.45) is 11.8 Å². The molecule has 0 saturated carbocycles. The molecular formula is C27H46BN5O5. The van der Waals surface area contributed by atoms with E-state index >= 15 is 0 Å². The Morgan fingerprint density at radius 1 is 1.13 bits per heavy atom. The number of aromatic nitrogens is 2. The average molecular weight is 532 g/mol. The molecule has 2 aliphatic rings. The second-order valence-corrected chi connectivity index (χ2v) is 12.9. The summed E-state index contributed by atoms with van der Waals surface area (Å²) in [5.74, 6) is 0.951. The van der Waals surface area contributed by atoms with Crippen LogP contribution >= 0.6 is 0 Å². The normalized spacial score (nSPS) is 20.4. The summed E-state index contributed by atoms with van der Waals surface area (Å²) in [7, 11) is 1.50. The number of likely N-dealkylation sites (tertiary alicyclic amines) is 1. The van der Waals surface area contributed by atoms with Crippen molar-refractivity contribution in [2.75, 3.05) is 31.6 Å². The van der Waals surface area contributed by atoms with E-state index in [1.807, 2.05) is 53.5 Å². The van der Waals surface area contributed by atoms with Crippen LogP contribution in [0.2, 0.25) is 0 Å². The Kier molecular flexibility index (Phi) is 9.03. The Balaban J connectivity index is 1.51. The summed E-state index contributed by atoms with van der Waals surface area (Å²) in [4.78, 5) is 38.5. The average Bonchev–Trinajstić information content (AvgIpc) is 3.03. The molecule has 3 rings (SSSR count). The third kappa shape index (κ3) is 7.37. The third-order valence-corrected chi connectivity index (χ3v) is 7.59. The lowest BCUT2D eigenvalue weighted by atomic mass is 9.81. The van der Waals surface area contributed by atoms with Crippen LogP contribution in [0.25, 0.3) is 0 Å². The first-order valence-electron chi connectivity index (χ1n) is 13.7. The molecule has 0 aromatic carbocycles. The van der Waals surface area contributed by atoms with Crippen molar-refractivity contribution in [1.82, 2.24) is 20.2 Å². The molecule has 212 valence electrons. The first-order chi connectivity index (χ1) is 17.5. The van der Waals surface area contributed by atoms with Crippen molar-refractivity contribution in [3.63, 3.8) is 0 Å². The Morgan fingerprint density at radius 2 is 1.66 bits per heavy atom. The standard InChI is InChI=1S/C27H46BN5O5/c1-18(2)21(31-24(35)36-25(3,4)5)22(34)33-13-11-19(12-14-33)17-32(10)23-29-15-20(16-30-23)28-37-26(6,7)27(8,9)38-28/h15-16,18-19,21H,11-14,17H2,1-10H3,(H,31,35)/t21-/m1/s1. The fourth-order valence-corrected chi connectivity index (χ4v) is 4.58. The summed E-state index contributed by atoms with van der Waals surface area (Å²) < 4.78 is 17.6. The predicted octanol–water partition coefficient (Wildman–Crippen LogP) is 3.00. The largest absolute Gasteiger partial charge is 0.498 e. The van der Waals surface area contributed by atoms with Crippen LogP contribution in [0.4, 0.5) is 10.7 Å². The van der Waals surface area contributed by atoms with Crippen LogP contribution in [0, 0.1) is 11.8 Å². The van der Waals surface area contributed by atoms with E-state index in [9.17, 15) is 9.59 Å². The van der Waals surface area contributed by atoms with Crippen LogP contribution in [0.15, 0.2) is 12.4 Å². The van der Waals surface area contributed by atoms with Gasteiger partial charge in [0.15, 0.2) is 0 Å². The predicted molar refractivity (Wildman–Crippen MR) is 148 cm³/mol. The van der Waals surface area contributed by atoms with E-state index in [1.54, 1.807) is 33.2 Å². The van der Waals surface area contributed by atoms with E-state index in [2.05, 4.69) is 20.2 Å². The van der Waals surface area contributed by atoms with E-state index in [-0.39, 0.29) is 11.8 Å². The molecule has 10 nitrogen and oxygen atoms in total. The minimum absolute atomic E-state index is 0.0452. The minimum atomic E-state index is -0.616. The van der Waals surface area contributed by atoms with Gasteiger partial charge >= 0.3 is 13.2 Å². The minimum Gasteiger partial charge on any atom is -0.444 e. The van der Waals surface area contributed by atoms with Gasteiger partial charge in [-0.3, -0.25) is 4.79 Å². The number of nitrogens with zero attached hydrogens (tertiary/aromatic N) is 4. The number of piperidine rings is 1. The van der Waals surface area contributed by atoms with Gasteiger partial charge in [0.2, 0.25) is 11.9 Å². The molecule has 0 radical (unpaired) electrons.